The Labute approximate surface area is 155 Å². The van der Waals surface area contributed by atoms with Crippen molar-refractivity contribution in [1.82, 2.24) is 9.88 Å². The van der Waals surface area contributed by atoms with Crippen LogP contribution in [0.4, 0.5) is 29.5 Å². The first-order valence-electron chi connectivity index (χ1n) is 8.74. The van der Waals surface area contributed by atoms with Gasteiger partial charge in [0.1, 0.15) is 5.82 Å². The maximum Gasteiger partial charge on any atom is 0.417 e. The van der Waals surface area contributed by atoms with Crippen molar-refractivity contribution >= 4 is 17.5 Å². The number of amides is 2. The highest BCUT2D eigenvalue weighted by Crippen LogP contribution is 2.29. The minimum atomic E-state index is -4.39. The number of nitrogens with one attached hydrogen (secondary N) is 1. The van der Waals surface area contributed by atoms with Gasteiger partial charge in [-0.3, -0.25) is 0 Å². The minimum absolute atomic E-state index is 0.178. The molecule has 3 rings (SSSR count). The molecule has 1 saturated heterocycles. The zero-order valence-corrected chi connectivity index (χ0v) is 15.0. The van der Waals surface area contributed by atoms with Crippen molar-refractivity contribution in [2.24, 2.45) is 0 Å². The van der Waals surface area contributed by atoms with Crippen LogP contribution in [0.1, 0.15) is 17.5 Å². The summed E-state index contributed by atoms with van der Waals surface area (Å²) >= 11 is 0. The number of carbonyl (C=O) groups is 1. The van der Waals surface area contributed by atoms with E-state index in [1.54, 1.807) is 4.90 Å². The van der Waals surface area contributed by atoms with E-state index in [1.165, 1.54) is 6.07 Å². The van der Waals surface area contributed by atoms with Gasteiger partial charge in [0.05, 0.1) is 5.56 Å². The van der Waals surface area contributed by atoms with Gasteiger partial charge in [0.25, 0.3) is 0 Å². The smallest absolute Gasteiger partial charge is 0.355 e. The lowest BCUT2D eigenvalue weighted by Crippen LogP contribution is -2.38. The lowest BCUT2D eigenvalue weighted by Gasteiger charge is -2.23. The van der Waals surface area contributed by atoms with Crippen LogP contribution < -0.4 is 10.2 Å². The largest absolute Gasteiger partial charge is 0.417 e. The third-order valence-electron chi connectivity index (χ3n) is 4.45. The van der Waals surface area contributed by atoms with Crippen LogP contribution in [-0.2, 0) is 6.18 Å². The van der Waals surface area contributed by atoms with Gasteiger partial charge in [0.15, 0.2) is 0 Å². The molecule has 144 valence electrons. The van der Waals surface area contributed by atoms with E-state index in [0.29, 0.717) is 38.4 Å². The Morgan fingerprint density at radius 2 is 1.93 bits per heavy atom. The normalized spacial score (nSPS) is 15.4. The molecule has 1 aromatic carbocycles. The van der Waals surface area contributed by atoms with Gasteiger partial charge in [-0.15, -0.1) is 0 Å². The summed E-state index contributed by atoms with van der Waals surface area (Å²) in [4.78, 5) is 20.0. The molecule has 1 aromatic heterocycles. The van der Waals surface area contributed by atoms with Crippen molar-refractivity contribution in [3.63, 3.8) is 0 Å². The molecular formula is C19H21F3N4O. The lowest BCUT2D eigenvalue weighted by molar-refractivity contribution is -0.137. The van der Waals surface area contributed by atoms with E-state index >= 15 is 0 Å². The molecule has 0 atom stereocenters. The van der Waals surface area contributed by atoms with Gasteiger partial charge in [-0.25, -0.2) is 9.78 Å². The molecule has 0 spiro atoms. The highest BCUT2D eigenvalue weighted by atomic mass is 19.4. The monoisotopic (exact) mass is 378 g/mol. The number of pyridine rings is 1. The Kier molecular flexibility index (Phi) is 5.53. The standard InChI is InChI=1S/C19H21F3N4O/c1-14-4-2-5-16(12-14)24-18(27)26-9-3-8-25(10-11-26)17-7-6-15(13-23-17)19(20,21)22/h2,4-7,12-13H,3,8-11H2,1H3,(H,24,27). The van der Waals surface area contributed by atoms with Crippen LogP contribution in [0.3, 0.4) is 0 Å². The molecule has 0 bridgehead atoms. The second-order valence-corrected chi connectivity index (χ2v) is 6.53. The maximum atomic E-state index is 12.7. The molecular weight excluding hydrogens is 357 g/mol. The highest BCUT2D eigenvalue weighted by Gasteiger charge is 2.31. The number of nitrogens with zero attached hydrogens (tertiary/aromatic N) is 3. The Bertz CT molecular complexity index is 792. The molecule has 1 fully saturated rings. The first-order valence-corrected chi connectivity index (χ1v) is 8.74. The summed E-state index contributed by atoms with van der Waals surface area (Å²) in [6.45, 7) is 4.15. The second-order valence-electron chi connectivity index (χ2n) is 6.53. The molecule has 0 unspecified atom stereocenters. The Morgan fingerprint density at radius 1 is 1.11 bits per heavy atom. The van der Waals surface area contributed by atoms with E-state index in [4.69, 9.17) is 0 Å². The molecule has 8 heteroatoms. The molecule has 0 aliphatic carbocycles. The van der Waals surface area contributed by atoms with Gasteiger partial charge in [0.2, 0.25) is 0 Å². The summed E-state index contributed by atoms with van der Waals surface area (Å²) < 4.78 is 38.0. The average molecular weight is 378 g/mol. The Hall–Kier alpha value is -2.77. The summed E-state index contributed by atoms with van der Waals surface area (Å²) in [5, 5.41) is 2.89. The predicted octanol–water partition coefficient (Wildman–Crippen LogP) is 4.15. The molecule has 2 heterocycles. The number of aryl methyl sites for hydroxylation is 1. The van der Waals surface area contributed by atoms with Crippen LogP contribution in [-0.4, -0.2) is 42.1 Å². The highest BCUT2D eigenvalue weighted by molar-refractivity contribution is 5.89. The fraction of sp³-hybridized carbons (Fsp3) is 0.368. The van der Waals surface area contributed by atoms with E-state index in [9.17, 15) is 18.0 Å². The van der Waals surface area contributed by atoms with E-state index in [2.05, 4.69) is 10.3 Å². The lowest BCUT2D eigenvalue weighted by atomic mass is 10.2. The number of carbonyl (C=O) groups excluding carboxylic acids is 1. The number of anilines is 2. The van der Waals surface area contributed by atoms with Crippen LogP contribution >= 0.6 is 0 Å². The van der Waals surface area contributed by atoms with Crippen molar-refractivity contribution in [3.05, 3.63) is 53.7 Å². The number of alkyl halides is 3. The molecule has 0 radical (unpaired) electrons. The zero-order valence-electron chi connectivity index (χ0n) is 15.0. The molecule has 1 aliphatic rings. The van der Waals surface area contributed by atoms with Gasteiger partial charge >= 0.3 is 12.2 Å². The van der Waals surface area contributed by atoms with Gasteiger partial charge in [-0.2, -0.15) is 13.2 Å². The topological polar surface area (TPSA) is 48.5 Å². The average Bonchev–Trinajstić information content (AvgIpc) is 2.87. The van der Waals surface area contributed by atoms with Crippen LogP contribution in [0.2, 0.25) is 0 Å². The Balaban J connectivity index is 1.60. The maximum absolute atomic E-state index is 12.7. The van der Waals surface area contributed by atoms with Gasteiger partial charge in [-0.05, 0) is 43.2 Å². The number of aromatic nitrogens is 1. The fourth-order valence-corrected chi connectivity index (χ4v) is 3.02. The zero-order chi connectivity index (χ0) is 19.4. The SMILES string of the molecule is Cc1cccc(NC(=O)N2CCCN(c3ccc(C(F)(F)F)cn3)CC2)c1. The third kappa shape index (κ3) is 4.90. The molecule has 1 aliphatic heterocycles. The molecule has 1 N–H and O–H groups in total. The molecule has 2 aromatic rings. The Morgan fingerprint density at radius 3 is 2.59 bits per heavy atom. The van der Waals surface area contributed by atoms with Crippen molar-refractivity contribution in [2.75, 3.05) is 36.4 Å². The van der Waals surface area contributed by atoms with Gasteiger partial charge in [0, 0.05) is 38.1 Å². The second kappa shape index (κ2) is 7.85. The quantitative estimate of drug-likeness (QED) is 0.854. The third-order valence-corrected chi connectivity index (χ3v) is 4.45. The first kappa shape index (κ1) is 19.0. The summed E-state index contributed by atoms with van der Waals surface area (Å²) in [6, 6.07) is 9.81. The van der Waals surface area contributed by atoms with E-state index in [1.807, 2.05) is 36.1 Å². The summed E-state index contributed by atoms with van der Waals surface area (Å²) in [6.07, 6.45) is -2.83. The summed E-state index contributed by atoms with van der Waals surface area (Å²) in [5.41, 5.74) is 1.04. The molecule has 5 nitrogen and oxygen atoms in total. The van der Waals surface area contributed by atoms with Crippen molar-refractivity contribution < 1.29 is 18.0 Å². The number of halogens is 3. The van der Waals surface area contributed by atoms with Crippen molar-refractivity contribution in [1.29, 1.82) is 0 Å². The van der Waals surface area contributed by atoms with Crippen LogP contribution in [0.15, 0.2) is 42.6 Å². The van der Waals surface area contributed by atoms with Gasteiger partial charge in [-0.1, -0.05) is 12.1 Å². The number of hydrogen-bond donors (Lipinski definition) is 1. The first-order chi connectivity index (χ1) is 12.8. The minimum Gasteiger partial charge on any atom is -0.355 e. The van der Waals surface area contributed by atoms with Crippen molar-refractivity contribution in [2.45, 2.75) is 19.5 Å². The van der Waals surface area contributed by atoms with Crippen LogP contribution in [0.25, 0.3) is 0 Å². The van der Waals surface area contributed by atoms with Crippen molar-refractivity contribution in [3.8, 4) is 0 Å². The van der Waals surface area contributed by atoms with E-state index in [0.717, 1.165) is 23.5 Å². The molecule has 2 amide bonds. The molecule has 0 saturated carbocycles. The number of urea groups is 1. The van der Waals surface area contributed by atoms with E-state index < -0.39 is 11.7 Å². The van der Waals surface area contributed by atoms with Gasteiger partial charge < -0.3 is 15.1 Å². The van der Waals surface area contributed by atoms with Crippen LogP contribution in [0, 0.1) is 6.92 Å². The molecule has 27 heavy (non-hydrogen) atoms. The predicted molar refractivity (Wildman–Crippen MR) is 97.8 cm³/mol. The van der Waals surface area contributed by atoms with Crippen LogP contribution in [0.5, 0.6) is 0 Å². The summed E-state index contributed by atoms with van der Waals surface area (Å²) in [7, 11) is 0. The fourth-order valence-electron chi connectivity index (χ4n) is 3.02. The summed E-state index contributed by atoms with van der Waals surface area (Å²) in [5.74, 6) is 0.490. The number of hydrogen-bond acceptors (Lipinski definition) is 3. The number of benzene rings is 1. The van der Waals surface area contributed by atoms with E-state index in [-0.39, 0.29) is 6.03 Å². The number of rotatable bonds is 2.